The lowest BCUT2D eigenvalue weighted by atomic mass is 9.75. The van der Waals surface area contributed by atoms with Gasteiger partial charge in [0.15, 0.2) is 5.03 Å². The Morgan fingerprint density at radius 2 is 1.93 bits per heavy atom. The molecule has 0 radical (unpaired) electrons. The number of carboxylic acids is 1. The van der Waals surface area contributed by atoms with Crippen molar-refractivity contribution in [1.82, 2.24) is 18.9 Å². The van der Waals surface area contributed by atoms with E-state index < -0.39 is 22.0 Å². The summed E-state index contributed by atoms with van der Waals surface area (Å²) in [6, 6.07) is 16.9. The van der Waals surface area contributed by atoms with E-state index in [4.69, 9.17) is 14.7 Å². The van der Waals surface area contributed by atoms with Crippen LogP contribution in [0.5, 0.6) is 5.75 Å². The summed E-state index contributed by atoms with van der Waals surface area (Å²) >= 11 is 0. The Morgan fingerprint density at radius 1 is 1.14 bits per heavy atom. The molecule has 0 amide bonds. The van der Waals surface area contributed by atoms with Crippen LogP contribution in [0.4, 0.5) is 0 Å². The second-order valence-electron chi connectivity index (χ2n) is 10.5. The maximum absolute atomic E-state index is 13.2. The number of carbonyl (C=O) groups is 2. The Morgan fingerprint density at radius 3 is 2.60 bits per heavy atom. The van der Waals surface area contributed by atoms with E-state index in [9.17, 15) is 18.0 Å². The number of benzene rings is 2. The SMILES string of the molecule is Cn1cnc(S(=O)(=O)N(CCOc2ccc3c(c2)[C@@H](Cc2ccccc2)[C@@H](N2CCC2)CC3)OC(=O)/C=C/C(=O)O)c1. The number of carboxylic acid groups (broad SMARTS) is 1. The zero-order valence-electron chi connectivity index (χ0n) is 23.3. The molecule has 2 aliphatic rings. The molecule has 0 unspecified atom stereocenters. The lowest BCUT2D eigenvalue weighted by molar-refractivity contribution is -0.163. The first-order valence-corrected chi connectivity index (χ1v) is 15.3. The fourth-order valence-electron chi connectivity index (χ4n) is 5.52. The van der Waals surface area contributed by atoms with Gasteiger partial charge in [-0.2, -0.15) is 0 Å². The third kappa shape index (κ3) is 6.89. The standard InChI is InChI=1S/C30H34N4O7S/c1-32-20-28(31-21-32)42(38,39)34(41-30(37)13-12-29(35)36)16-17-40-24-10-8-23-9-11-27(33-14-5-15-33)26(25(23)19-24)18-22-6-3-2-4-7-22/h2-4,6-8,10,12-13,19-21,26-27H,5,9,11,14-18H2,1H3,(H,35,36)/b13-12+/t26-,27+/m1/s1. The Hall–Kier alpha value is -4.00. The molecule has 5 rings (SSSR count). The van der Waals surface area contributed by atoms with E-state index in [1.165, 1.54) is 40.2 Å². The van der Waals surface area contributed by atoms with Crippen molar-refractivity contribution >= 4 is 22.0 Å². The molecule has 222 valence electrons. The molecule has 1 saturated heterocycles. The van der Waals surface area contributed by atoms with Crippen LogP contribution in [-0.2, 0) is 44.3 Å². The molecule has 0 spiro atoms. The number of rotatable bonds is 12. The molecule has 0 saturated carbocycles. The summed E-state index contributed by atoms with van der Waals surface area (Å²) in [6.07, 6.45) is 8.00. The second-order valence-corrected chi connectivity index (χ2v) is 12.3. The van der Waals surface area contributed by atoms with Gasteiger partial charge in [-0.15, -0.1) is 0 Å². The van der Waals surface area contributed by atoms with Crippen molar-refractivity contribution in [1.29, 1.82) is 0 Å². The average molecular weight is 595 g/mol. The van der Waals surface area contributed by atoms with Crippen LogP contribution < -0.4 is 4.74 Å². The van der Waals surface area contributed by atoms with Crippen LogP contribution >= 0.6 is 0 Å². The van der Waals surface area contributed by atoms with E-state index in [2.05, 4.69) is 40.2 Å². The number of sulfonamides is 1. The summed E-state index contributed by atoms with van der Waals surface area (Å²) in [6.45, 7) is 1.76. The van der Waals surface area contributed by atoms with Crippen molar-refractivity contribution in [2.75, 3.05) is 26.2 Å². The molecule has 1 N–H and O–H groups in total. The third-order valence-corrected chi connectivity index (χ3v) is 9.19. The number of hydroxylamine groups is 1. The Labute approximate surface area is 245 Å². The topological polar surface area (TPSA) is 131 Å². The van der Waals surface area contributed by atoms with Crippen LogP contribution in [0.25, 0.3) is 0 Å². The van der Waals surface area contributed by atoms with Gasteiger partial charge in [0.25, 0.3) is 10.0 Å². The van der Waals surface area contributed by atoms with E-state index >= 15 is 0 Å². The molecule has 0 bridgehead atoms. The number of aromatic nitrogens is 2. The molecule has 1 aromatic heterocycles. The Bertz CT molecular complexity index is 1550. The van der Waals surface area contributed by atoms with Crippen molar-refractivity contribution < 1.29 is 32.7 Å². The summed E-state index contributed by atoms with van der Waals surface area (Å²) in [5.41, 5.74) is 3.81. The van der Waals surface area contributed by atoms with E-state index in [0.29, 0.717) is 34.3 Å². The van der Waals surface area contributed by atoms with Crippen LogP contribution in [0, 0.1) is 0 Å². The number of fused-ring (bicyclic) bond motifs is 1. The molecular formula is C30H34N4O7S. The first-order chi connectivity index (χ1) is 20.2. The molecule has 12 heteroatoms. The quantitative estimate of drug-likeness (QED) is 0.248. The molecule has 2 atom stereocenters. The zero-order valence-corrected chi connectivity index (χ0v) is 24.2. The molecule has 1 fully saturated rings. The van der Waals surface area contributed by atoms with Crippen molar-refractivity contribution in [2.24, 2.45) is 7.05 Å². The molecule has 1 aliphatic heterocycles. The summed E-state index contributed by atoms with van der Waals surface area (Å²) in [4.78, 5) is 34.4. The summed E-state index contributed by atoms with van der Waals surface area (Å²) in [7, 11) is -2.74. The first-order valence-electron chi connectivity index (χ1n) is 13.9. The van der Waals surface area contributed by atoms with Crippen molar-refractivity contribution in [3.05, 3.63) is 89.9 Å². The van der Waals surface area contributed by atoms with E-state index in [-0.39, 0.29) is 18.2 Å². The molecule has 11 nitrogen and oxygen atoms in total. The Balaban J connectivity index is 1.33. The van der Waals surface area contributed by atoms with Gasteiger partial charge in [-0.25, -0.2) is 23.0 Å². The molecule has 1 aliphatic carbocycles. The lowest BCUT2D eigenvalue weighted by Gasteiger charge is -2.45. The number of aryl methyl sites for hydroxylation is 2. The number of hydrogen-bond donors (Lipinski definition) is 1. The highest BCUT2D eigenvalue weighted by Gasteiger charge is 2.36. The summed E-state index contributed by atoms with van der Waals surface area (Å²) in [5.74, 6) is -1.65. The Kier molecular flexibility index (Phi) is 9.05. The third-order valence-electron chi connectivity index (χ3n) is 7.66. The minimum atomic E-state index is -4.35. The predicted molar refractivity (Wildman–Crippen MR) is 153 cm³/mol. The fourth-order valence-corrected chi connectivity index (χ4v) is 6.70. The highest BCUT2D eigenvalue weighted by atomic mass is 32.2. The average Bonchev–Trinajstić information content (AvgIpc) is 3.39. The van der Waals surface area contributed by atoms with Gasteiger partial charge < -0.3 is 19.2 Å². The fraction of sp³-hybridized carbons (Fsp3) is 0.367. The van der Waals surface area contributed by atoms with Gasteiger partial charge in [0.1, 0.15) is 12.4 Å². The predicted octanol–water partition coefficient (Wildman–Crippen LogP) is 2.94. The van der Waals surface area contributed by atoms with Gasteiger partial charge in [-0.1, -0.05) is 36.4 Å². The first kappa shape index (κ1) is 29.5. The van der Waals surface area contributed by atoms with E-state index in [0.717, 1.165) is 32.4 Å². The molecule has 42 heavy (non-hydrogen) atoms. The van der Waals surface area contributed by atoms with Gasteiger partial charge in [-0.05, 0) is 72.1 Å². The number of carbonyl (C=O) groups excluding carboxylic acids is 1. The van der Waals surface area contributed by atoms with Crippen LogP contribution in [0.2, 0.25) is 0 Å². The zero-order chi connectivity index (χ0) is 29.7. The van der Waals surface area contributed by atoms with Gasteiger partial charge in [0.2, 0.25) is 0 Å². The number of aliphatic carboxylic acids is 1. The van der Waals surface area contributed by atoms with E-state index in [1.54, 1.807) is 7.05 Å². The highest BCUT2D eigenvalue weighted by Crippen LogP contribution is 2.40. The maximum atomic E-state index is 13.2. The molecular weight excluding hydrogens is 560 g/mol. The van der Waals surface area contributed by atoms with Crippen LogP contribution in [0.3, 0.4) is 0 Å². The lowest BCUT2D eigenvalue weighted by Crippen LogP contribution is -2.49. The summed E-state index contributed by atoms with van der Waals surface area (Å²) < 4.78 is 34.3. The van der Waals surface area contributed by atoms with Crippen molar-refractivity contribution in [3.8, 4) is 5.75 Å². The highest BCUT2D eigenvalue weighted by molar-refractivity contribution is 7.88. The number of likely N-dealkylation sites (tertiary alicyclic amines) is 1. The minimum Gasteiger partial charge on any atom is -0.492 e. The normalized spacial score (nSPS) is 18.9. The summed E-state index contributed by atoms with van der Waals surface area (Å²) in [5, 5.41) is 8.47. The maximum Gasteiger partial charge on any atom is 0.350 e. The number of imidazole rings is 1. The van der Waals surface area contributed by atoms with Crippen molar-refractivity contribution in [2.45, 2.75) is 42.7 Å². The second kappa shape index (κ2) is 12.9. The van der Waals surface area contributed by atoms with Crippen LogP contribution in [0.15, 0.2) is 78.2 Å². The monoisotopic (exact) mass is 594 g/mol. The molecule has 2 heterocycles. The van der Waals surface area contributed by atoms with Crippen LogP contribution in [0.1, 0.15) is 35.4 Å². The van der Waals surface area contributed by atoms with E-state index in [1.807, 2.05) is 18.2 Å². The van der Waals surface area contributed by atoms with Crippen molar-refractivity contribution in [3.63, 3.8) is 0 Å². The number of ether oxygens (including phenoxy) is 1. The number of hydrogen-bond acceptors (Lipinski definition) is 8. The van der Waals surface area contributed by atoms with Gasteiger partial charge >= 0.3 is 11.9 Å². The van der Waals surface area contributed by atoms with Gasteiger partial charge in [-0.3, -0.25) is 4.90 Å². The van der Waals surface area contributed by atoms with Gasteiger partial charge in [0.05, 0.1) is 12.9 Å². The van der Waals surface area contributed by atoms with Gasteiger partial charge in [0, 0.05) is 37.4 Å². The number of nitrogens with zero attached hydrogens (tertiary/aromatic N) is 4. The largest absolute Gasteiger partial charge is 0.492 e. The molecule has 2 aromatic carbocycles. The minimum absolute atomic E-state index is 0.125. The molecule has 3 aromatic rings. The smallest absolute Gasteiger partial charge is 0.350 e. The van der Waals surface area contributed by atoms with Crippen LogP contribution in [-0.4, -0.2) is 76.7 Å².